The maximum absolute atomic E-state index is 13.8. The normalized spacial score (nSPS) is 19.7. The zero-order chi connectivity index (χ0) is 31.9. The van der Waals surface area contributed by atoms with Gasteiger partial charge >= 0.3 is 0 Å². The lowest BCUT2D eigenvalue weighted by atomic mass is 10.1. The van der Waals surface area contributed by atoms with E-state index in [1.54, 1.807) is 23.1 Å². The molecule has 4 heterocycles. The molecule has 45 heavy (non-hydrogen) atoms. The smallest absolute Gasteiger partial charge is 0.260 e. The van der Waals surface area contributed by atoms with E-state index in [1.165, 1.54) is 4.31 Å². The van der Waals surface area contributed by atoms with E-state index in [0.717, 1.165) is 28.5 Å². The fourth-order valence-electron chi connectivity index (χ4n) is 6.21. The molecule has 11 nitrogen and oxygen atoms in total. The fourth-order valence-corrected chi connectivity index (χ4v) is 8.47. The molecule has 2 saturated heterocycles. The van der Waals surface area contributed by atoms with E-state index in [2.05, 4.69) is 25.8 Å². The van der Waals surface area contributed by atoms with Crippen molar-refractivity contribution in [1.82, 2.24) is 14.3 Å². The van der Waals surface area contributed by atoms with Gasteiger partial charge in [0, 0.05) is 70.3 Å². The van der Waals surface area contributed by atoms with Gasteiger partial charge in [-0.05, 0) is 74.2 Å². The highest BCUT2D eigenvalue weighted by atomic mass is 32.2. The topological polar surface area (TPSA) is 113 Å². The highest BCUT2D eigenvalue weighted by molar-refractivity contribution is 8.15. The van der Waals surface area contributed by atoms with Crippen LogP contribution in [0.4, 0.5) is 23.1 Å². The van der Waals surface area contributed by atoms with Gasteiger partial charge in [-0.25, -0.2) is 13.4 Å². The number of piperazine rings is 1. The van der Waals surface area contributed by atoms with Gasteiger partial charge in [-0.3, -0.25) is 4.79 Å². The number of anilines is 4. The van der Waals surface area contributed by atoms with E-state index in [1.807, 2.05) is 56.1 Å². The SMILES string of the molecule is C/C=S(\C)N(C)c1ccccc1C(=O)N1CCc2cc(S(=O)(=O)N3CCN(c4cc(C)nc(N5CC[C@@H](O)C5)n4)CC3)ccc21. The number of aryl methyl sites for hydroxylation is 1. The van der Waals surface area contributed by atoms with Gasteiger partial charge in [0.15, 0.2) is 0 Å². The summed E-state index contributed by atoms with van der Waals surface area (Å²) in [5.41, 5.74) is 3.97. The maximum atomic E-state index is 13.8. The molecule has 0 radical (unpaired) electrons. The monoisotopic (exact) mass is 651 g/mol. The molecule has 13 heteroatoms. The average Bonchev–Trinajstić information content (AvgIpc) is 3.69. The summed E-state index contributed by atoms with van der Waals surface area (Å²) in [6, 6.07) is 14.7. The van der Waals surface area contributed by atoms with E-state index in [4.69, 9.17) is 4.98 Å². The summed E-state index contributed by atoms with van der Waals surface area (Å²) in [6.45, 7) is 7.36. The molecule has 0 saturated carbocycles. The van der Waals surface area contributed by atoms with Gasteiger partial charge in [0.05, 0.1) is 22.3 Å². The molecule has 6 rings (SSSR count). The van der Waals surface area contributed by atoms with Gasteiger partial charge in [-0.1, -0.05) is 12.1 Å². The number of aliphatic hydroxyl groups is 1. The molecule has 1 unspecified atom stereocenters. The van der Waals surface area contributed by atoms with E-state index < -0.39 is 10.0 Å². The molecule has 2 atom stereocenters. The van der Waals surface area contributed by atoms with Crippen molar-refractivity contribution in [3.63, 3.8) is 0 Å². The number of hydrogen-bond donors (Lipinski definition) is 1. The van der Waals surface area contributed by atoms with Gasteiger partial charge in [0.2, 0.25) is 16.0 Å². The number of sulfonamides is 1. The van der Waals surface area contributed by atoms with E-state index in [-0.39, 0.29) is 27.6 Å². The van der Waals surface area contributed by atoms with Crippen LogP contribution in [0.25, 0.3) is 0 Å². The Morgan fingerprint density at radius 1 is 1.02 bits per heavy atom. The van der Waals surface area contributed by atoms with Crippen molar-refractivity contribution in [3.8, 4) is 0 Å². The number of benzene rings is 2. The number of fused-ring (bicyclic) bond motifs is 1. The Bertz CT molecular complexity index is 1740. The van der Waals surface area contributed by atoms with Crippen LogP contribution in [0.5, 0.6) is 0 Å². The average molecular weight is 652 g/mol. The van der Waals surface area contributed by atoms with Gasteiger partial charge in [0.1, 0.15) is 5.82 Å². The van der Waals surface area contributed by atoms with Gasteiger partial charge < -0.3 is 24.1 Å². The van der Waals surface area contributed by atoms with E-state index in [0.29, 0.717) is 70.2 Å². The van der Waals surface area contributed by atoms with E-state index in [9.17, 15) is 18.3 Å². The quantitative estimate of drug-likeness (QED) is 0.385. The third kappa shape index (κ3) is 6.18. The highest BCUT2D eigenvalue weighted by Gasteiger charge is 2.33. The molecule has 3 aliphatic heterocycles. The van der Waals surface area contributed by atoms with Crippen molar-refractivity contribution in [1.29, 1.82) is 0 Å². The van der Waals surface area contributed by atoms with Crippen LogP contribution in [0, 0.1) is 6.92 Å². The standard InChI is InChI=1S/C32H41N7O4S2/c1-5-44(4)35(3)29-9-7-6-8-27(29)31(41)39-15-12-24-21-26(10-11-28(24)39)45(42,43)38-18-16-36(17-19-38)30-20-23(2)33-32(34-30)37-14-13-25(40)22-37/h5-11,20-21,25,40H,12-19,22H2,1-4H3/t25-,44?/m1/s1. The molecule has 0 spiro atoms. The molecule has 1 N–H and O–H groups in total. The Labute approximate surface area is 268 Å². The highest BCUT2D eigenvalue weighted by Crippen LogP contribution is 2.35. The number of β-amino-alcohol motifs (C(OH)–C–C–N with tert-alkyl or cyclic N) is 1. The lowest BCUT2D eigenvalue weighted by Crippen LogP contribution is -2.49. The Morgan fingerprint density at radius 3 is 2.49 bits per heavy atom. The minimum absolute atomic E-state index is 0.0833. The first-order valence-corrected chi connectivity index (χ1v) is 18.4. The second kappa shape index (κ2) is 12.7. The second-order valence-corrected chi connectivity index (χ2v) is 15.7. The Hall–Kier alpha value is -3.52. The van der Waals surface area contributed by atoms with Crippen LogP contribution in [-0.4, -0.2) is 104 Å². The number of carbonyl (C=O) groups is 1. The molecule has 1 aromatic heterocycles. The Kier molecular flexibility index (Phi) is 8.88. The lowest BCUT2D eigenvalue weighted by Gasteiger charge is -2.35. The number of aromatic nitrogens is 2. The molecule has 2 aromatic carbocycles. The van der Waals surface area contributed by atoms with Gasteiger partial charge in [0.25, 0.3) is 5.91 Å². The van der Waals surface area contributed by atoms with Crippen LogP contribution in [0.1, 0.15) is 35.0 Å². The summed E-state index contributed by atoms with van der Waals surface area (Å²) in [6.07, 6.45) is 3.04. The first-order chi connectivity index (χ1) is 21.6. The Morgan fingerprint density at radius 2 is 1.78 bits per heavy atom. The van der Waals surface area contributed by atoms with Crippen LogP contribution in [0.15, 0.2) is 53.4 Å². The van der Waals surface area contributed by atoms with Crippen LogP contribution in [0.3, 0.4) is 0 Å². The zero-order valence-electron chi connectivity index (χ0n) is 26.3. The van der Waals surface area contributed by atoms with Crippen LogP contribution in [-0.2, 0) is 16.4 Å². The van der Waals surface area contributed by atoms with Crippen molar-refractivity contribution < 1.29 is 18.3 Å². The maximum Gasteiger partial charge on any atom is 0.260 e. The fraction of sp³-hybridized carbons (Fsp3) is 0.438. The van der Waals surface area contributed by atoms with Gasteiger partial charge in [-0.2, -0.15) is 9.29 Å². The first kappa shape index (κ1) is 31.5. The zero-order valence-corrected chi connectivity index (χ0v) is 27.9. The first-order valence-electron chi connectivity index (χ1n) is 15.3. The molecule has 240 valence electrons. The van der Waals surface area contributed by atoms with Crippen molar-refractivity contribution in [3.05, 3.63) is 65.4 Å². The second-order valence-electron chi connectivity index (χ2n) is 11.7. The predicted molar refractivity (Wildman–Crippen MR) is 182 cm³/mol. The number of hydrogen-bond acceptors (Lipinski definition) is 9. The summed E-state index contributed by atoms with van der Waals surface area (Å²) in [4.78, 5) is 29.2. The van der Waals surface area contributed by atoms with Crippen molar-refractivity contribution in [2.75, 3.05) is 78.1 Å². The Balaban J connectivity index is 1.16. The minimum atomic E-state index is -3.72. The molecule has 0 aliphatic carbocycles. The predicted octanol–water partition coefficient (Wildman–Crippen LogP) is 3.14. The minimum Gasteiger partial charge on any atom is -0.391 e. The summed E-state index contributed by atoms with van der Waals surface area (Å²) in [5.74, 6) is 1.29. The van der Waals surface area contributed by atoms with Crippen molar-refractivity contribution in [2.45, 2.75) is 37.7 Å². The molecule has 2 fully saturated rings. The molecule has 3 aromatic rings. The molecule has 3 aliphatic rings. The number of rotatable bonds is 7. The summed E-state index contributed by atoms with van der Waals surface area (Å²) in [5, 5.41) is 12.1. The summed E-state index contributed by atoms with van der Waals surface area (Å²) in [7, 11) is -1.86. The lowest BCUT2D eigenvalue weighted by molar-refractivity contribution is 0.0990. The number of para-hydroxylation sites is 1. The van der Waals surface area contributed by atoms with Crippen molar-refractivity contribution >= 4 is 55.1 Å². The van der Waals surface area contributed by atoms with Crippen LogP contribution < -0.4 is 19.0 Å². The number of aliphatic hydroxyl groups excluding tert-OH is 1. The van der Waals surface area contributed by atoms with E-state index >= 15 is 0 Å². The molecule has 1 amide bonds. The van der Waals surface area contributed by atoms with Crippen molar-refractivity contribution in [2.24, 2.45) is 0 Å². The molecular formula is C32H41N7O4S2. The number of nitrogens with zero attached hydrogens (tertiary/aromatic N) is 7. The van der Waals surface area contributed by atoms with Crippen LogP contribution >= 0.6 is 10.7 Å². The number of amides is 1. The third-order valence-electron chi connectivity index (χ3n) is 8.91. The number of carbonyl (C=O) groups excluding carboxylic acids is 1. The van der Waals surface area contributed by atoms with Crippen LogP contribution in [0.2, 0.25) is 0 Å². The third-order valence-corrected chi connectivity index (χ3v) is 12.6. The summed E-state index contributed by atoms with van der Waals surface area (Å²) < 4.78 is 31.2. The molecular weight excluding hydrogens is 611 g/mol. The molecule has 0 bridgehead atoms. The largest absolute Gasteiger partial charge is 0.391 e. The summed E-state index contributed by atoms with van der Waals surface area (Å²) >= 11 is 0. The van der Waals surface area contributed by atoms with Gasteiger partial charge in [-0.15, -0.1) is 10.7 Å².